The molecule has 2 atom stereocenters. The summed E-state index contributed by atoms with van der Waals surface area (Å²) >= 11 is 0. The van der Waals surface area contributed by atoms with Crippen LogP contribution in [0.2, 0.25) is 0 Å². The van der Waals surface area contributed by atoms with E-state index in [1.165, 1.54) is 0 Å². The summed E-state index contributed by atoms with van der Waals surface area (Å²) in [4.78, 5) is 7.50. The zero-order valence-electron chi connectivity index (χ0n) is 10.7. The largest absolute Gasteiger partial charge is 0.345 e. The van der Waals surface area contributed by atoms with Crippen molar-refractivity contribution >= 4 is 16.8 Å². The van der Waals surface area contributed by atoms with Gasteiger partial charge in [0.05, 0.1) is 11.7 Å². The van der Waals surface area contributed by atoms with Gasteiger partial charge in [0, 0.05) is 12.1 Å². The van der Waals surface area contributed by atoms with Crippen molar-refractivity contribution in [2.75, 3.05) is 0 Å². The van der Waals surface area contributed by atoms with Crippen LogP contribution in [0.5, 0.6) is 0 Å². The number of rotatable bonds is 1. The summed E-state index contributed by atoms with van der Waals surface area (Å²) in [6.07, 6.45) is 10.3. The summed E-state index contributed by atoms with van der Waals surface area (Å²) in [5.74, 6) is 2.08. The van der Waals surface area contributed by atoms with Crippen molar-refractivity contribution in [1.82, 2.24) is 24.6 Å². The molecule has 96 valence electrons. The molecule has 0 amide bonds. The van der Waals surface area contributed by atoms with Crippen molar-refractivity contribution in [1.29, 1.82) is 0 Å². The van der Waals surface area contributed by atoms with Gasteiger partial charge in [-0.05, 0) is 24.8 Å². The molecule has 5 nitrogen and oxygen atoms in total. The van der Waals surface area contributed by atoms with Crippen LogP contribution in [0.4, 0.5) is 0 Å². The second kappa shape index (κ2) is 3.91. The van der Waals surface area contributed by atoms with Gasteiger partial charge in [0.25, 0.3) is 0 Å². The van der Waals surface area contributed by atoms with Crippen LogP contribution in [0.25, 0.3) is 16.8 Å². The van der Waals surface area contributed by atoms with Crippen LogP contribution in [0.1, 0.15) is 31.5 Å². The first kappa shape index (κ1) is 10.7. The molecule has 0 bridgehead atoms. The number of hydrogen-bond acceptors (Lipinski definition) is 3. The van der Waals surface area contributed by atoms with Crippen LogP contribution in [-0.2, 0) is 0 Å². The molecule has 0 aromatic carbocycles. The van der Waals surface area contributed by atoms with Gasteiger partial charge < -0.3 is 4.98 Å². The Balaban J connectivity index is 1.99. The van der Waals surface area contributed by atoms with Crippen molar-refractivity contribution in [3.63, 3.8) is 0 Å². The van der Waals surface area contributed by atoms with Crippen LogP contribution in [0.3, 0.4) is 0 Å². The topological polar surface area (TPSA) is 58.9 Å². The lowest BCUT2D eigenvalue weighted by molar-refractivity contribution is 0.429. The zero-order valence-corrected chi connectivity index (χ0v) is 10.7. The normalized spacial score (nSPS) is 23.4. The maximum absolute atomic E-state index is 4.42. The minimum absolute atomic E-state index is 0.431. The van der Waals surface area contributed by atoms with Crippen LogP contribution in [0.15, 0.2) is 30.6 Å². The molecule has 0 aliphatic heterocycles. The van der Waals surface area contributed by atoms with Crippen LogP contribution in [-0.4, -0.2) is 24.6 Å². The minimum atomic E-state index is 0.431. The fourth-order valence-corrected chi connectivity index (χ4v) is 2.95. The Bertz CT molecular complexity index is 766. The Morgan fingerprint density at radius 2 is 2.16 bits per heavy atom. The first-order chi connectivity index (χ1) is 9.34. The van der Waals surface area contributed by atoms with E-state index in [9.17, 15) is 0 Å². The van der Waals surface area contributed by atoms with Gasteiger partial charge in [-0.2, -0.15) is 0 Å². The summed E-state index contributed by atoms with van der Waals surface area (Å²) < 4.78 is 2.14. The molecule has 0 fully saturated rings. The van der Waals surface area contributed by atoms with E-state index in [-0.39, 0.29) is 0 Å². The molecule has 1 aliphatic carbocycles. The van der Waals surface area contributed by atoms with Crippen molar-refractivity contribution < 1.29 is 0 Å². The smallest absolute Gasteiger partial charge is 0.179 e. The van der Waals surface area contributed by atoms with Gasteiger partial charge in [-0.3, -0.25) is 4.40 Å². The lowest BCUT2D eigenvalue weighted by atomic mass is 9.84. The second-order valence-electron chi connectivity index (χ2n) is 5.25. The Hall–Kier alpha value is -2.17. The molecule has 4 rings (SSSR count). The van der Waals surface area contributed by atoms with E-state index in [1.807, 2.05) is 12.3 Å². The highest BCUT2D eigenvalue weighted by molar-refractivity contribution is 5.74. The van der Waals surface area contributed by atoms with Crippen molar-refractivity contribution in [3.8, 4) is 0 Å². The van der Waals surface area contributed by atoms with Crippen LogP contribution < -0.4 is 0 Å². The molecule has 0 saturated carbocycles. The van der Waals surface area contributed by atoms with E-state index in [0.29, 0.717) is 11.8 Å². The number of H-pyrrole nitrogens is 1. The number of nitrogens with one attached hydrogen (secondary N) is 1. The average molecular weight is 253 g/mol. The number of aromatic nitrogens is 5. The highest BCUT2D eigenvalue weighted by atomic mass is 15.3. The monoisotopic (exact) mass is 253 g/mol. The Morgan fingerprint density at radius 3 is 3.05 bits per heavy atom. The molecular weight excluding hydrogens is 238 g/mol. The van der Waals surface area contributed by atoms with Crippen LogP contribution in [0, 0.1) is 5.92 Å². The van der Waals surface area contributed by atoms with E-state index in [4.69, 9.17) is 0 Å². The maximum atomic E-state index is 4.42. The van der Waals surface area contributed by atoms with Crippen molar-refractivity contribution in [3.05, 3.63) is 36.4 Å². The van der Waals surface area contributed by atoms with Gasteiger partial charge in [0.15, 0.2) is 11.3 Å². The number of fused-ring (bicyclic) bond motifs is 3. The number of hydrogen-bond donors (Lipinski definition) is 1. The molecule has 0 saturated heterocycles. The molecule has 3 aromatic rings. The molecule has 2 unspecified atom stereocenters. The summed E-state index contributed by atoms with van der Waals surface area (Å²) in [7, 11) is 0. The highest BCUT2D eigenvalue weighted by Crippen LogP contribution is 2.34. The zero-order chi connectivity index (χ0) is 12.8. The minimum Gasteiger partial charge on any atom is -0.345 e. The number of aromatic amines is 1. The third-order valence-corrected chi connectivity index (χ3v) is 4.05. The van der Waals surface area contributed by atoms with Crippen molar-refractivity contribution in [2.45, 2.75) is 25.7 Å². The molecule has 1 N–H and O–H groups in total. The molecular formula is C14H15N5. The summed E-state index contributed by atoms with van der Waals surface area (Å²) in [6, 6.07) is 2.03. The van der Waals surface area contributed by atoms with E-state index in [0.717, 1.165) is 35.5 Å². The van der Waals surface area contributed by atoms with Gasteiger partial charge >= 0.3 is 0 Å². The van der Waals surface area contributed by atoms with Crippen molar-refractivity contribution in [2.24, 2.45) is 5.92 Å². The third kappa shape index (κ3) is 1.51. The lowest BCUT2D eigenvalue weighted by Crippen LogP contribution is -2.15. The van der Waals surface area contributed by atoms with E-state index in [1.54, 1.807) is 6.20 Å². The quantitative estimate of drug-likeness (QED) is 0.678. The standard InChI is InChI=1S/C14H15N5/c1-9-4-2-3-5-10(9)14-18-17-12-8-16-13-11(19(12)14)6-7-15-13/h2-3,6-10,15H,4-5H2,1H3. The maximum Gasteiger partial charge on any atom is 0.179 e. The van der Waals surface area contributed by atoms with Gasteiger partial charge in [-0.1, -0.05) is 19.1 Å². The van der Waals surface area contributed by atoms with E-state index >= 15 is 0 Å². The first-order valence-electron chi connectivity index (χ1n) is 6.66. The fourth-order valence-electron chi connectivity index (χ4n) is 2.95. The van der Waals surface area contributed by atoms with E-state index < -0.39 is 0 Å². The average Bonchev–Trinajstić information content (AvgIpc) is 3.04. The Morgan fingerprint density at radius 1 is 1.26 bits per heavy atom. The molecule has 1 aliphatic rings. The Kier molecular flexibility index (Phi) is 2.21. The lowest BCUT2D eigenvalue weighted by Gasteiger charge is -2.23. The first-order valence-corrected chi connectivity index (χ1v) is 6.66. The predicted octanol–water partition coefficient (Wildman–Crippen LogP) is 2.68. The van der Waals surface area contributed by atoms with Gasteiger partial charge in [-0.25, -0.2) is 4.98 Å². The number of allylic oxidation sites excluding steroid dienone is 2. The van der Waals surface area contributed by atoms with Gasteiger partial charge in [0.1, 0.15) is 5.82 Å². The van der Waals surface area contributed by atoms with Gasteiger partial charge in [-0.15, -0.1) is 10.2 Å². The predicted molar refractivity (Wildman–Crippen MR) is 72.9 cm³/mol. The molecule has 5 heteroatoms. The van der Waals surface area contributed by atoms with Crippen LogP contribution >= 0.6 is 0 Å². The third-order valence-electron chi connectivity index (χ3n) is 4.05. The fraction of sp³-hybridized carbons (Fsp3) is 0.357. The summed E-state index contributed by atoms with van der Waals surface area (Å²) in [6.45, 7) is 2.28. The SMILES string of the molecule is CC1CC=CCC1c1nnc2cnc3[nH]ccc3n12. The summed E-state index contributed by atoms with van der Waals surface area (Å²) in [5, 5.41) is 8.69. The molecule has 0 radical (unpaired) electrons. The highest BCUT2D eigenvalue weighted by Gasteiger charge is 2.25. The summed E-state index contributed by atoms with van der Waals surface area (Å²) in [5.41, 5.74) is 2.76. The number of nitrogens with zero attached hydrogens (tertiary/aromatic N) is 4. The molecule has 19 heavy (non-hydrogen) atoms. The van der Waals surface area contributed by atoms with Gasteiger partial charge in [0.2, 0.25) is 0 Å². The van der Waals surface area contributed by atoms with E-state index in [2.05, 4.69) is 43.6 Å². The molecule has 3 aromatic heterocycles. The second-order valence-corrected chi connectivity index (χ2v) is 5.25. The Labute approximate surface area is 110 Å². The molecule has 3 heterocycles. The molecule has 0 spiro atoms.